The van der Waals surface area contributed by atoms with Gasteiger partial charge in [-0.25, -0.2) is 0 Å². The summed E-state index contributed by atoms with van der Waals surface area (Å²) in [5.41, 5.74) is 0. The van der Waals surface area contributed by atoms with Gasteiger partial charge in [0, 0.05) is 26.2 Å². The lowest BCUT2D eigenvalue weighted by atomic mass is 10.1. The highest BCUT2D eigenvalue weighted by atomic mass is 16.5. The van der Waals surface area contributed by atoms with Crippen LogP contribution in [-0.2, 0) is 4.74 Å². The van der Waals surface area contributed by atoms with Crippen molar-refractivity contribution in [1.29, 1.82) is 0 Å². The van der Waals surface area contributed by atoms with Crippen molar-refractivity contribution in [2.24, 2.45) is 5.92 Å². The number of hydrogen-bond acceptors (Lipinski definition) is 3. The second kappa shape index (κ2) is 5.58. The van der Waals surface area contributed by atoms with Gasteiger partial charge in [0.1, 0.15) is 0 Å². The van der Waals surface area contributed by atoms with Gasteiger partial charge in [0.15, 0.2) is 0 Å². The van der Waals surface area contributed by atoms with Gasteiger partial charge in [-0.1, -0.05) is 13.8 Å². The van der Waals surface area contributed by atoms with Crippen LogP contribution >= 0.6 is 0 Å². The summed E-state index contributed by atoms with van der Waals surface area (Å²) in [6.07, 6.45) is 1.43. The van der Waals surface area contributed by atoms with Crippen molar-refractivity contribution in [2.45, 2.75) is 26.4 Å². The molecular weight excluding hydrogens is 166 g/mol. The molecule has 0 spiro atoms. The average Bonchev–Trinajstić information content (AvgIpc) is 2.30. The fourth-order valence-corrected chi connectivity index (χ4v) is 1.67. The molecule has 1 fully saturated rings. The van der Waals surface area contributed by atoms with E-state index in [2.05, 4.69) is 18.7 Å². The molecule has 3 nitrogen and oxygen atoms in total. The maximum absolute atomic E-state index is 8.85. The molecule has 0 saturated carbocycles. The van der Waals surface area contributed by atoms with E-state index >= 15 is 0 Å². The Hall–Kier alpha value is -0.120. The van der Waals surface area contributed by atoms with E-state index in [0.717, 1.165) is 32.7 Å². The molecule has 78 valence electrons. The molecule has 0 aromatic carbocycles. The zero-order valence-corrected chi connectivity index (χ0v) is 8.70. The number of nitrogens with zero attached hydrogens (tertiary/aromatic N) is 1. The molecule has 1 saturated heterocycles. The van der Waals surface area contributed by atoms with Gasteiger partial charge >= 0.3 is 0 Å². The van der Waals surface area contributed by atoms with Gasteiger partial charge in [0.05, 0.1) is 12.7 Å². The standard InChI is InChI=1S/C10H21NO2/c1-9(2)10-8-11(5-6-12)4-3-7-13-10/h9-10,12H,3-8H2,1-2H3. The molecule has 0 radical (unpaired) electrons. The molecule has 1 rings (SSSR count). The molecule has 1 aliphatic heterocycles. The lowest BCUT2D eigenvalue weighted by molar-refractivity contribution is 0.0214. The van der Waals surface area contributed by atoms with Crippen molar-refractivity contribution < 1.29 is 9.84 Å². The molecule has 13 heavy (non-hydrogen) atoms. The molecule has 0 amide bonds. The number of aliphatic hydroxyl groups is 1. The first kappa shape index (κ1) is 11.0. The Morgan fingerprint density at radius 3 is 2.92 bits per heavy atom. The monoisotopic (exact) mass is 187 g/mol. The normalized spacial score (nSPS) is 26.3. The maximum Gasteiger partial charge on any atom is 0.0724 e. The van der Waals surface area contributed by atoms with E-state index in [0.29, 0.717) is 12.0 Å². The van der Waals surface area contributed by atoms with Gasteiger partial charge in [-0.2, -0.15) is 0 Å². The molecule has 1 N–H and O–H groups in total. The van der Waals surface area contributed by atoms with Crippen molar-refractivity contribution in [1.82, 2.24) is 4.90 Å². The SMILES string of the molecule is CC(C)C1CN(CCO)CCCO1. The van der Waals surface area contributed by atoms with Crippen molar-refractivity contribution in [2.75, 3.05) is 32.8 Å². The van der Waals surface area contributed by atoms with E-state index < -0.39 is 0 Å². The zero-order valence-electron chi connectivity index (χ0n) is 8.70. The summed E-state index contributed by atoms with van der Waals surface area (Å²) in [6.45, 7) is 8.31. The number of aliphatic hydroxyl groups excluding tert-OH is 1. The summed E-state index contributed by atoms with van der Waals surface area (Å²) in [4.78, 5) is 2.29. The number of ether oxygens (including phenoxy) is 1. The second-order valence-electron chi connectivity index (χ2n) is 4.03. The predicted octanol–water partition coefficient (Wildman–Crippen LogP) is 0.726. The van der Waals surface area contributed by atoms with Crippen LogP contribution in [0.3, 0.4) is 0 Å². The van der Waals surface area contributed by atoms with Gasteiger partial charge in [0.2, 0.25) is 0 Å². The quantitative estimate of drug-likeness (QED) is 0.707. The first-order chi connectivity index (χ1) is 6.24. The summed E-state index contributed by atoms with van der Waals surface area (Å²) in [5.74, 6) is 0.569. The Bertz CT molecular complexity index is 139. The molecule has 0 aromatic heterocycles. The first-order valence-corrected chi connectivity index (χ1v) is 5.19. The highest BCUT2D eigenvalue weighted by Gasteiger charge is 2.20. The Morgan fingerprint density at radius 1 is 1.54 bits per heavy atom. The van der Waals surface area contributed by atoms with Crippen LogP contribution in [0.4, 0.5) is 0 Å². The summed E-state index contributed by atoms with van der Waals surface area (Å²) in [7, 11) is 0. The molecular formula is C10H21NO2. The summed E-state index contributed by atoms with van der Waals surface area (Å²) < 4.78 is 5.72. The van der Waals surface area contributed by atoms with Crippen LogP contribution in [0, 0.1) is 5.92 Å². The molecule has 0 bridgehead atoms. The van der Waals surface area contributed by atoms with E-state index in [1.54, 1.807) is 0 Å². The van der Waals surface area contributed by atoms with Crippen LogP contribution in [0.25, 0.3) is 0 Å². The van der Waals surface area contributed by atoms with Crippen LogP contribution in [-0.4, -0.2) is 49.0 Å². The van der Waals surface area contributed by atoms with Crippen LogP contribution in [0.15, 0.2) is 0 Å². The van der Waals surface area contributed by atoms with Crippen molar-refractivity contribution in [3.05, 3.63) is 0 Å². The van der Waals surface area contributed by atoms with Crippen LogP contribution in [0.5, 0.6) is 0 Å². The van der Waals surface area contributed by atoms with Gasteiger partial charge in [-0.3, -0.25) is 4.90 Å². The fraction of sp³-hybridized carbons (Fsp3) is 1.00. The third kappa shape index (κ3) is 3.63. The van der Waals surface area contributed by atoms with E-state index in [9.17, 15) is 0 Å². The van der Waals surface area contributed by atoms with E-state index in [4.69, 9.17) is 9.84 Å². The third-order valence-corrected chi connectivity index (χ3v) is 2.55. The van der Waals surface area contributed by atoms with E-state index in [1.165, 1.54) is 0 Å². The number of hydrogen-bond donors (Lipinski definition) is 1. The van der Waals surface area contributed by atoms with E-state index in [-0.39, 0.29) is 6.61 Å². The molecule has 1 heterocycles. The molecule has 1 atom stereocenters. The topological polar surface area (TPSA) is 32.7 Å². The van der Waals surface area contributed by atoms with Crippen LogP contribution in [0.2, 0.25) is 0 Å². The minimum Gasteiger partial charge on any atom is -0.395 e. The lowest BCUT2D eigenvalue weighted by Crippen LogP contribution is -2.36. The Kier molecular flexibility index (Phi) is 4.70. The van der Waals surface area contributed by atoms with Crippen molar-refractivity contribution in [3.8, 4) is 0 Å². The second-order valence-corrected chi connectivity index (χ2v) is 4.03. The Morgan fingerprint density at radius 2 is 2.31 bits per heavy atom. The summed E-state index contributed by atoms with van der Waals surface area (Å²) in [5, 5.41) is 8.85. The van der Waals surface area contributed by atoms with Gasteiger partial charge in [0.25, 0.3) is 0 Å². The molecule has 0 aromatic rings. The smallest absolute Gasteiger partial charge is 0.0724 e. The Balaban J connectivity index is 2.39. The lowest BCUT2D eigenvalue weighted by Gasteiger charge is -2.25. The predicted molar refractivity (Wildman–Crippen MR) is 52.7 cm³/mol. The maximum atomic E-state index is 8.85. The minimum atomic E-state index is 0.255. The average molecular weight is 187 g/mol. The minimum absolute atomic E-state index is 0.255. The highest BCUT2D eigenvalue weighted by Crippen LogP contribution is 2.12. The molecule has 0 aliphatic carbocycles. The zero-order chi connectivity index (χ0) is 9.68. The first-order valence-electron chi connectivity index (χ1n) is 5.19. The Labute approximate surface area is 80.7 Å². The summed E-state index contributed by atoms with van der Waals surface area (Å²) >= 11 is 0. The van der Waals surface area contributed by atoms with Crippen LogP contribution < -0.4 is 0 Å². The van der Waals surface area contributed by atoms with E-state index in [1.807, 2.05) is 0 Å². The van der Waals surface area contributed by atoms with Crippen LogP contribution in [0.1, 0.15) is 20.3 Å². The van der Waals surface area contributed by atoms with Gasteiger partial charge < -0.3 is 9.84 Å². The summed E-state index contributed by atoms with van der Waals surface area (Å²) in [6, 6.07) is 0. The van der Waals surface area contributed by atoms with Gasteiger partial charge in [-0.15, -0.1) is 0 Å². The highest BCUT2D eigenvalue weighted by molar-refractivity contribution is 4.72. The number of β-amino-alcohol motifs (C(OH)–C–C–N with tert-alkyl or cyclic N) is 1. The molecule has 1 unspecified atom stereocenters. The van der Waals surface area contributed by atoms with Gasteiger partial charge in [-0.05, 0) is 12.3 Å². The largest absolute Gasteiger partial charge is 0.395 e. The molecule has 1 aliphatic rings. The fourth-order valence-electron chi connectivity index (χ4n) is 1.67. The third-order valence-electron chi connectivity index (χ3n) is 2.55. The van der Waals surface area contributed by atoms with Crippen molar-refractivity contribution >= 4 is 0 Å². The molecule has 3 heteroatoms. The number of rotatable bonds is 3. The van der Waals surface area contributed by atoms with Crippen molar-refractivity contribution in [3.63, 3.8) is 0 Å².